The monoisotopic (exact) mass is 954 g/mol. The third-order valence-electron chi connectivity index (χ3n) is 16.9. The number of allylic oxidation sites excluding steroid dienone is 2. The summed E-state index contributed by atoms with van der Waals surface area (Å²) < 4.78 is 80.4. The van der Waals surface area contributed by atoms with Gasteiger partial charge in [-0.3, -0.25) is 4.79 Å². The first-order valence-electron chi connectivity index (χ1n) is 24.4. The first-order valence-corrected chi connectivity index (χ1v) is 24.4. The number of hydrogen-bond acceptors (Lipinski definition) is 19. The highest BCUT2D eigenvalue weighted by atomic mass is 16.8. The van der Waals surface area contributed by atoms with Crippen molar-refractivity contribution in [2.75, 3.05) is 34.5 Å². The Morgan fingerprint density at radius 1 is 0.761 bits per heavy atom. The van der Waals surface area contributed by atoms with Crippen LogP contribution in [0.5, 0.6) is 0 Å². The van der Waals surface area contributed by atoms with Crippen molar-refractivity contribution in [1.29, 1.82) is 0 Å². The van der Waals surface area contributed by atoms with Crippen molar-refractivity contribution in [2.24, 2.45) is 29.1 Å². The van der Waals surface area contributed by atoms with Gasteiger partial charge in [-0.25, -0.2) is 0 Å². The number of aliphatic hydroxyl groups is 5. The van der Waals surface area contributed by atoms with Gasteiger partial charge in [0.05, 0.1) is 80.1 Å². The first kappa shape index (κ1) is 50.1. The van der Waals surface area contributed by atoms with Crippen molar-refractivity contribution in [3.05, 3.63) is 23.5 Å². The van der Waals surface area contributed by atoms with Crippen LogP contribution >= 0.6 is 0 Å². The Kier molecular flexibility index (Phi) is 14.9. The topological polar surface area (TPSA) is 238 Å². The molecule has 7 heterocycles. The van der Waals surface area contributed by atoms with Crippen LogP contribution in [0.25, 0.3) is 0 Å². The zero-order valence-electron chi connectivity index (χ0n) is 40.0. The predicted octanol–water partition coefficient (Wildman–Crippen LogP) is 1.76. The molecule has 0 aromatic carbocycles. The molecule has 6 saturated heterocycles. The Balaban J connectivity index is 0.799. The number of carbonyl (C=O) groups is 1. The van der Waals surface area contributed by atoms with E-state index >= 15 is 0 Å². The molecule has 380 valence electrons. The van der Waals surface area contributed by atoms with Crippen LogP contribution in [-0.4, -0.2) is 188 Å². The van der Waals surface area contributed by atoms with E-state index < -0.39 is 111 Å². The summed E-state index contributed by atoms with van der Waals surface area (Å²) in [4.78, 5) is 13.9. The smallest absolute Gasteiger partial charge is 0.309 e. The molecule has 0 aromatic rings. The second kappa shape index (κ2) is 20.0. The Morgan fingerprint density at radius 2 is 1.37 bits per heavy atom. The lowest BCUT2D eigenvalue weighted by molar-refractivity contribution is -0.355. The van der Waals surface area contributed by atoms with Crippen molar-refractivity contribution in [1.82, 2.24) is 0 Å². The van der Waals surface area contributed by atoms with Gasteiger partial charge in [0.2, 0.25) is 5.79 Å². The number of esters is 1. The molecule has 1 saturated carbocycles. The minimum atomic E-state index is -1.59. The minimum absolute atomic E-state index is 0.00117. The van der Waals surface area contributed by atoms with Crippen LogP contribution < -0.4 is 0 Å². The van der Waals surface area contributed by atoms with Gasteiger partial charge in [-0.15, -0.1) is 0 Å². The molecule has 9 aliphatic rings. The van der Waals surface area contributed by atoms with Crippen LogP contribution in [0.1, 0.15) is 86.0 Å². The van der Waals surface area contributed by atoms with E-state index in [4.69, 9.17) is 61.6 Å². The van der Waals surface area contributed by atoms with Crippen LogP contribution in [0, 0.1) is 29.1 Å². The second-order valence-corrected chi connectivity index (χ2v) is 20.8. The highest BCUT2D eigenvalue weighted by molar-refractivity contribution is 5.74. The number of aliphatic hydroxyl groups excluding tert-OH is 5. The zero-order chi connectivity index (χ0) is 47.7. The van der Waals surface area contributed by atoms with Gasteiger partial charge < -0.3 is 87.1 Å². The van der Waals surface area contributed by atoms with Crippen molar-refractivity contribution in [3.63, 3.8) is 0 Å². The molecule has 25 atom stereocenters. The molecule has 0 bridgehead atoms. The number of methoxy groups -OCH3 is 3. The fraction of sp³-hybridized carbons (Fsp3) is 0.896. The maximum atomic E-state index is 13.9. The van der Waals surface area contributed by atoms with Crippen molar-refractivity contribution in [2.45, 2.75) is 208 Å². The highest BCUT2D eigenvalue weighted by Crippen LogP contribution is 2.58. The SMILES string of the molecule is CO[C@H]1C[C@H](O[C@H]2[C@@H](OC)C[C@H]([C@@H]3CC4=CC[C@H]5C(=O)OC6CO[C@]7(C)OC=C(CC[C@@H]5[C@@]4(C)C[C@H]3O)[C@H]67)O[C@@H]2C)O[C@@H](C)[C@H]1O[C@H]1C[C@H](OC)[C@H](O[C@@H]2O[C@H](CO)[C@@H](O)[C@H](O)[C@H]2O)[C@@H](C)O1. The third-order valence-corrected chi connectivity index (χ3v) is 16.9. The molecule has 0 radical (unpaired) electrons. The van der Waals surface area contributed by atoms with Crippen molar-refractivity contribution < 1.29 is 91.9 Å². The normalized spacial score (nSPS) is 52.3. The standard InChI is InChI=1S/C48H74O19/c1-21-42(65-36-15-32(56-7)43(22(2)61-36)66-37-16-33(57-8)44(23(3)62-37)67-46-41(53)40(52)39(51)34(18-49)64-46)31(55-6)14-30(60-21)27-13-25-10-11-26-28(47(25,4)17-29(27)50)12-9-24-19-58-48(5)38(24)35(20-59-48)63-45(26)54/h10,19,21-23,26-44,46,49-53H,9,11-18,20H2,1-8H3/t21-,22+,23-,26-,27-,28+,29-,30-,31+,32+,33+,34-,35?,36+,37+,38-,39-,40+,41-,42-,43-,44-,46+,47+,48+/m1/s1. The van der Waals surface area contributed by atoms with Crippen LogP contribution in [0.15, 0.2) is 23.5 Å². The maximum absolute atomic E-state index is 13.9. The van der Waals surface area contributed by atoms with Crippen LogP contribution in [-0.2, 0) is 66.4 Å². The van der Waals surface area contributed by atoms with E-state index in [0.29, 0.717) is 38.7 Å². The molecule has 7 fully saturated rings. The molecular weight excluding hydrogens is 881 g/mol. The van der Waals surface area contributed by atoms with Gasteiger partial charge in [0.15, 0.2) is 18.9 Å². The third kappa shape index (κ3) is 9.30. The molecule has 0 spiro atoms. The Morgan fingerprint density at radius 3 is 2.00 bits per heavy atom. The summed E-state index contributed by atoms with van der Waals surface area (Å²) in [5.41, 5.74) is 2.01. The van der Waals surface area contributed by atoms with Gasteiger partial charge in [0.25, 0.3) is 0 Å². The van der Waals surface area contributed by atoms with Gasteiger partial charge in [-0.1, -0.05) is 18.6 Å². The number of fused-ring (bicyclic) bond motifs is 3. The van der Waals surface area contributed by atoms with E-state index in [0.717, 1.165) is 18.4 Å². The summed E-state index contributed by atoms with van der Waals surface area (Å²) in [7, 11) is 4.80. The lowest BCUT2D eigenvalue weighted by Gasteiger charge is -2.54. The van der Waals surface area contributed by atoms with Gasteiger partial charge in [0.1, 0.15) is 48.8 Å². The molecule has 19 heteroatoms. The van der Waals surface area contributed by atoms with Crippen LogP contribution in [0.3, 0.4) is 0 Å². The van der Waals surface area contributed by atoms with Crippen LogP contribution in [0.2, 0.25) is 0 Å². The molecule has 0 amide bonds. The molecular formula is C48H74O19. The molecule has 0 aromatic heterocycles. The minimum Gasteiger partial charge on any atom is -0.469 e. The van der Waals surface area contributed by atoms with Crippen molar-refractivity contribution in [3.8, 4) is 0 Å². The van der Waals surface area contributed by atoms with E-state index in [1.807, 2.05) is 27.0 Å². The van der Waals surface area contributed by atoms with Gasteiger partial charge in [-0.2, -0.15) is 0 Å². The number of carbonyl (C=O) groups excluding carboxylic acids is 1. The van der Waals surface area contributed by atoms with Gasteiger partial charge >= 0.3 is 5.97 Å². The van der Waals surface area contributed by atoms with E-state index in [2.05, 4.69) is 13.0 Å². The lowest BCUT2D eigenvalue weighted by atomic mass is 9.53. The largest absolute Gasteiger partial charge is 0.469 e. The fourth-order valence-electron chi connectivity index (χ4n) is 13.2. The molecule has 1 unspecified atom stereocenters. The van der Waals surface area contributed by atoms with Gasteiger partial charge in [-0.05, 0) is 69.8 Å². The zero-order valence-corrected chi connectivity index (χ0v) is 40.0. The second-order valence-electron chi connectivity index (χ2n) is 20.8. The van der Waals surface area contributed by atoms with Crippen LogP contribution in [0.4, 0.5) is 0 Å². The van der Waals surface area contributed by atoms with E-state index in [1.165, 1.54) is 12.7 Å². The summed E-state index contributed by atoms with van der Waals surface area (Å²) in [6.45, 7) is 9.50. The highest BCUT2D eigenvalue weighted by Gasteiger charge is 2.59. The van der Waals surface area contributed by atoms with E-state index in [9.17, 15) is 30.3 Å². The van der Waals surface area contributed by atoms with E-state index in [-0.39, 0.29) is 59.8 Å². The summed E-state index contributed by atoms with van der Waals surface area (Å²) in [5, 5.41) is 52.8. The fourth-order valence-corrected chi connectivity index (χ4v) is 13.2. The average molecular weight is 955 g/mol. The molecule has 5 N–H and O–H groups in total. The molecule has 7 aliphatic heterocycles. The molecule has 67 heavy (non-hydrogen) atoms. The number of rotatable bonds is 11. The number of hydrogen-bond donors (Lipinski definition) is 5. The van der Waals surface area contributed by atoms with Crippen molar-refractivity contribution >= 4 is 5.97 Å². The summed E-state index contributed by atoms with van der Waals surface area (Å²) in [6.07, 6.45) is -6.13. The van der Waals surface area contributed by atoms with E-state index in [1.54, 1.807) is 21.1 Å². The molecule has 19 nitrogen and oxygen atoms in total. The Labute approximate surface area is 392 Å². The maximum Gasteiger partial charge on any atom is 0.309 e. The first-order chi connectivity index (χ1) is 32.0. The number of ether oxygens (including phenoxy) is 13. The lowest BCUT2D eigenvalue weighted by Crippen LogP contribution is -2.62. The Bertz CT molecular complexity index is 1800. The van der Waals surface area contributed by atoms with Gasteiger partial charge in [0, 0.05) is 53.4 Å². The predicted molar refractivity (Wildman–Crippen MR) is 230 cm³/mol. The molecule has 2 aliphatic carbocycles. The quantitative estimate of drug-likeness (QED) is 0.147. The summed E-state index contributed by atoms with van der Waals surface area (Å²) in [6, 6.07) is 0. The summed E-state index contributed by atoms with van der Waals surface area (Å²) in [5.74, 6) is -1.59. The molecule has 9 rings (SSSR count). The Hall–Kier alpha value is -1.89. The summed E-state index contributed by atoms with van der Waals surface area (Å²) >= 11 is 0. The average Bonchev–Trinajstić information content (AvgIpc) is 3.82.